The molecule has 0 bridgehead atoms. The van der Waals surface area contributed by atoms with Gasteiger partial charge in [0.2, 0.25) is 15.9 Å². The molecule has 25 heavy (non-hydrogen) atoms. The van der Waals surface area contributed by atoms with Gasteiger partial charge in [-0.05, 0) is 36.4 Å². The van der Waals surface area contributed by atoms with E-state index in [1.54, 1.807) is 24.3 Å². The lowest BCUT2D eigenvalue weighted by Crippen LogP contribution is -2.33. The fraction of sp³-hybridized carbons (Fsp3) is 0.125. The number of ether oxygens (including phenoxy) is 1. The summed E-state index contributed by atoms with van der Waals surface area (Å²) in [5.74, 6) is -0.511. The molecule has 0 atom stereocenters. The number of para-hydroxylation sites is 1. The van der Waals surface area contributed by atoms with Gasteiger partial charge < -0.3 is 15.4 Å². The molecule has 0 unspecified atom stereocenters. The van der Waals surface area contributed by atoms with Gasteiger partial charge >= 0.3 is 0 Å². The summed E-state index contributed by atoms with van der Waals surface area (Å²) < 4.78 is 27.4. The van der Waals surface area contributed by atoms with Crippen molar-refractivity contribution in [3.05, 3.63) is 54.1 Å². The van der Waals surface area contributed by atoms with E-state index in [9.17, 15) is 18.0 Å². The number of hydrogen-bond donors (Lipinski definition) is 3. The molecule has 8 nitrogen and oxygen atoms in total. The quantitative estimate of drug-likeness (QED) is 0.696. The highest BCUT2D eigenvalue weighted by molar-refractivity contribution is 7.89. The van der Waals surface area contributed by atoms with E-state index >= 15 is 0 Å². The predicted molar refractivity (Wildman–Crippen MR) is 91.8 cm³/mol. The Labute approximate surface area is 145 Å². The highest BCUT2D eigenvalue weighted by Crippen LogP contribution is 2.16. The number of rotatable bonds is 6. The van der Waals surface area contributed by atoms with Gasteiger partial charge in [-0.1, -0.05) is 12.1 Å². The van der Waals surface area contributed by atoms with Crippen LogP contribution in [0.3, 0.4) is 0 Å². The highest BCUT2D eigenvalue weighted by Gasteiger charge is 2.13. The topological polar surface area (TPSA) is 128 Å². The number of amides is 2. The van der Waals surface area contributed by atoms with E-state index in [4.69, 9.17) is 9.88 Å². The molecular weight excluding hydrogens is 346 g/mol. The molecule has 0 fully saturated rings. The maximum Gasteiger partial charge on any atom is 0.255 e. The predicted octanol–water partition coefficient (Wildman–Crippen LogP) is 0.711. The van der Waals surface area contributed by atoms with Gasteiger partial charge in [0.05, 0.1) is 24.1 Å². The summed E-state index contributed by atoms with van der Waals surface area (Å²) in [6.07, 6.45) is 0. The normalized spacial score (nSPS) is 10.8. The summed E-state index contributed by atoms with van der Waals surface area (Å²) >= 11 is 0. The molecule has 0 saturated heterocycles. The number of methoxy groups -OCH3 is 1. The second-order valence-corrected chi connectivity index (χ2v) is 6.56. The minimum absolute atomic E-state index is 0.0602. The summed E-state index contributed by atoms with van der Waals surface area (Å²) in [5, 5.41) is 10.0. The highest BCUT2D eigenvalue weighted by atomic mass is 32.2. The van der Waals surface area contributed by atoms with Crippen LogP contribution in [0, 0.1) is 0 Å². The number of sulfonamides is 1. The van der Waals surface area contributed by atoms with Gasteiger partial charge in [0.25, 0.3) is 5.91 Å². The van der Waals surface area contributed by atoms with E-state index in [2.05, 4.69) is 10.6 Å². The van der Waals surface area contributed by atoms with E-state index in [0.29, 0.717) is 17.0 Å². The standard InChI is InChI=1S/C16H17N3O5S/c1-24-14-5-3-2-4-13(14)16(21)18-10-15(20)19-11-6-8-12(9-7-11)25(17,22)23/h2-9H,10H2,1H3,(H,18,21)(H,19,20)(H2,17,22,23). The van der Waals surface area contributed by atoms with Gasteiger partial charge in [0.1, 0.15) is 5.75 Å². The summed E-state index contributed by atoms with van der Waals surface area (Å²) in [5.41, 5.74) is 0.694. The number of primary sulfonamides is 1. The number of benzene rings is 2. The molecule has 9 heteroatoms. The summed E-state index contributed by atoms with van der Waals surface area (Å²) in [7, 11) is -2.34. The molecule has 0 aromatic heterocycles. The van der Waals surface area contributed by atoms with Crippen LogP contribution in [-0.4, -0.2) is 33.9 Å². The number of hydrogen-bond acceptors (Lipinski definition) is 5. The van der Waals surface area contributed by atoms with Gasteiger partial charge in [0, 0.05) is 5.69 Å². The molecule has 0 heterocycles. The van der Waals surface area contributed by atoms with Crippen molar-refractivity contribution in [2.24, 2.45) is 5.14 Å². The third kappa shape index (κ3) is 5.03. The molecule has 2 amide bonds. The van der Waals surface area contributed by atoms with Crippen LogP contribution >= 0.6 is 0 Å². The molecule has 2 rings (SSSR count). The van der Waals surface area contributed by atoms with Crippen LogP contribution in [0.25, 0.3) is 0 Å². The maximum absolute atomic E-state index is 12.1. The third-order valence-electron chi connectivity index (χ3n) is 3.23. The Bertz CT molecular complexity index is 879. The van der Waals surface area contributed by atoms with E-state index in [1.165, 1.54) is 31.4 Å². The van der Waals surface area contributed by atoms with Crippen LogP contribution in [0.1, 0.15) is 10.4 Å². The van der Waals surface area contributed by atoms with E-state index < -0.39 is 21.8 Å². The van der Waals surface area contributed by atoms with E-state index in [0.717, 1.165) is 0 Å². The molecule has 0 radical (unpaired) electrons. The molecule has 132 valence electrons. The van der Waals surface area contributed by atoms with Crippen LogP contribution in [0.5, 0.6) is 5.75 Å². The smallest absolute Gasteiger partial charge is 0.255 e. The van der Waals surface area contributed by atoms with Crippen LogP contribution in [0.2, 0.25) is 0 Å². The van der Waals surface area contributed by atoms with Crippen LogP contribution < -0.4 is 20.5 Å². The molecule has 0 aliphatic heterocycles. The number of anilines is 1. The molecule has 4 N–H and O–H groups in total. The zero-order chi connectivity index (χ0) is 18.4. The molecule has 0 aliphatic carbocycles. The SMILES string of the molecule is COc1ccccc1C(=O)NCC(=O)Nc1ccc(S(N)(=O)=O)cc1. The first-order chi connectivity index (χ1) is 11.8. The van der Waals surface area contributed by atoms with Crippen molar-refractivity contribution in [1.29, 1.82) is 0 Å². The number of nitrogens with one attached hydrogen (secondary N) is 2. The van der Waals surface area contributed by atoms with Gasteiger partial charge in [0.15, 0.2) is 0 Å². The Morgan fingerprint density at radius 1 is 1.08 bits per heavy atom. The lowest BCUT2D eigenvalue weighted by atomic mass is 10.2. The Kier molecular flexibility index (Phi) is 5.73. The third-order valence-corrected chi connectivity index (χ3v) is 4.16. The Hall–Kier alpha value is -2.91. The fourth-order valence-electron chi connectivity index (χ4n) is 2.02. The molecule has 2 aromatic carbocycles. The lowest BCUT2D eigenvalue weighted by Gasteiger charge is -2.09. The van der Waals surface area contributed by atoms with Crippen molar-refractivity contribution in [3.63, 3.8) is 0 Å². The van der Waals surface area contributed by atoms with Crippen molar-refractivity contribution >= 4 is 27.5 Å². The zero-order valence-corrected chi connectivity index (χ0v) is 14.2. The minimum atomic E-state index is -3.79. The van der Waals surface area contributed by atoms with Gasteiger partial charge in [-0.25, -0.2) is 13.6 Å². The van der Waals surface area contributed by atoms with Crippen LogP contribution in [0.15, 0.2) is 53.4 Å². The minimum Gasteiger partial charge on any atom is -0.496 e. The van der Waals surface area contributed by atoms with Crippen LogP contribution in [0.4, 0.5) is 5.69 Å². The Morgan fingerprint density at radius 2 is 1.72 bits per heavy atom. The van der Waals surface area contributed by atoms with Crippen molar-refractivity contribution < 1.29 is 22.7 Å². The largest absolute Gasteiger partial charge is 0.496 e. The van der Waals surface area contributed by atoms with Crippen molar-refractivity contribution in [3.8, 4) is 5.75 Å². The van der Waals surface area contributed by atoms with Crippen LogP contribution in [-0.2, 0) is 14.8 Å². The Balaban J connectivity index is 1.93. The molecular formula is C16H17N3O5S. The average Bonchev–Trinajstić information content (AvgIpc) is 2.59. The molecule has 0 aliphatic rings. The fourth-order valence-corrected chi connectivity index (χ4v) is 2.54. The summed E-state index contributed by atoms with van der Waals surface area (Å²) in [6.45, 7) is -0.256. The van der Waals surface area contributed by atoms with Gasteiger partial charge in [-0.3, -0.25) is 9.59 Å². The first-order valence-corrected chi connectivity index (χ1v) is 8.70. The Morgan fingerprint density at radius 3 is 2.32 bits per heavy atom. The maximum atomic E-state index is 12.1. The molecule has 0 spiro atoms. The number of carbonyl (C=O) groups is 2. The van der Waals surface area contributed by atoms with Crippen molar-refractivity contribution in [1.82, 2.24) is 5.32 Å². The number of nitrogens with two attached hydrogens (primary N) is 1. The van der Waals surface area contributed by atoms with E-state index in [1.807, 2.05) is 0 Å². The monoisotopic (exact) mass is 363 g/mol. The van der Waals surface area contributed by atoms with E-state index in [-0.39, 0.29) is 11.4 Å². The summed E-state index contributed by atoms with van der Waals surface area (Å²) in [6, 6.07) is 12.0. The number of carbonyl (C=O) groups excluding carboxylic acids is 2. The zero-order valence-electron chi connectivity index (χ0n) is 13.4. The molecule has 2 aromatic rings. The first-order valence-electron chi connectivity index (χ1n) is 7.15. The van der Waals surface area contributed by atoms with Crippen molar-refractivity contribution in [2.45, 2.75) is 4.90 Å². The molecule has 0 saturated carbocycles. The van der Waals surface area contributed by atoms with Crippen molar-refractivity contribution in [2.75, 3.05) is 19.0 Å². The lowest BCUT2D eigenvalue weighted by molar-refractivity contribution is -0.115. The second kappa shape index (κ2) is 7.77. The second-order valence-electron chi connectivity index (χ2n) is 5.00. The van der Waals surface area contributed by atoms with Gasteiger partial charge in [-0.2, -0.15) is 0 Å². The van der Waals surface area contributed by atoms with Gasteiger partial charge in [-0.15, -0.1) is 0 Å². The first kappa shape index (κ1) is 18.4. The average molecular weight is 363 g/mol. The summed E-state index contributed by atoms with van der Waals surface area (Å²) in [4.78, 5) is 23.9.